The molecular weight excluding hydrogens is 336 g/mol. The lowest BCUT2D eigenvalue weighted by Crippen LogP contribution is -3.14. The number of hydrogen-bond donors (Lipinski definition) is 1. The van der Waals surface area contributed by atoms with E-state index in [-0.39, 0.29) is 5.43 Å². The molecule has 25 heavy (non-hydrogen) atoms. The van der Waals surface area contributed by atoms with Crippen molar-refractivity contribution in [3.8, 4) is 0 Å². The fraction of sp³-hybridized carbons (Fsp3) is 0.263. The number of rotatable bonds is 3. The Morgan fingerprint density at radius 1 is 1.08 bits per heavy atom. The van der Waals surface area contributed by atoms with Crippen LogP contribution in [0.3, 0.4) is 0 Å². The molecule has 1 aliphatic heterocycles. The summed E-state index contributed by atoms with van der Waals surface area (Å²) in [4.78, 5) is 15.8. The molecule has 1 aromatic heterocycles. The molecule has 0 unspecified atom stereocenters. The summed E-state index contributed by atoms with van der Waals surface area (Å²) in [7, 11) is 0. The molecule has 128 valence electrons. The molecule has 4 rings (SSSR count). The minimum atomic E-state index is -0.0207. The minimum Gasteiger partial charge on any atom is -0.360 e. The summed E-state index contributed by atoms with van der Waals surface area (Å²) in [5.74, 6) is 0. The van der Waals surface area contributed by atoms with Crippen LogP contribution in [0.1, 0.15) is 0 Å². The summed E-state index contributed by atoms with van der Waals surface area (Å²) in [5, 5.41) is 5.85. The molecule has 3 aromatic rings. The maximum absolute atomic E-state index is 12.0. The average Bonchev–Trinajstić information content (AvgIpc) is 2.65. The zero-order chi connectivity index (χ0) is 17.2. The second-order valence-corrected chi connectivity index (χ2v) is 6.84. The second kappa shape index (κ2) is 6.86. The Morgan fingerprint density at radius 3 is 2.68 bits per heavy atom. The molecule has 6 heteroatoms. The third-order valence-corrected chi connectivity index (χ3v) is 5.01. The molecule has 2 heterocycles. The molecule has 0 aliphatic carbocycles. The summed E-state index contributed by atoms with van der Waals surface area (Å²) < 4.78 is 1.95. The molecule has 1 aliphatic rings. The van der Waals surface area contributed by atoms with Crippen molar-refractivity contribution in [3.63, 3.8) is 0 Å². The van der Waals surface area contributed by atoms with Crippen LogP contribution < -0.4 is 15.2 Å². The Kier molecular flexibility index (Phi) is 4.42. The van der Waals surface area contributed by atoms with Gasteiger partial charge in [-0.15, -0.1) is 0 Å². The molecule has 0 saturated carbocycles. The van der Waals surface area contributed by atoms with Gasteiger partial charge in [0.1, 0.15) is 0 Å². The Bertz CT molecular complexity index is 947. The fourth-order valence-corrected chi connectivity index (χ4v) is 3.60. The van der Waals surface area contributed by atoms with E-state index in [1.54, 1.807) is 0 Å². The number of piperazine rings is 1. The van der Waals surface area contributed by atoms with Crippen molar-refractivity contribution in [2.75, 3.05) is 31.1 Å². The van der Waals surface area contributed by atoms with E-state index in [9.17, 15) is 4.79 Å². The number of anilines is 1. The van der Waals surface area contributed by atoms with Gasteiger partial charge in [0.15, 0.2) is 6.67 Å². The molecule has 1 saturated heterocycles. The van der Waals surface area contributed by atoms with E-state index in [4.69, 9.17) is 11.6 Å². The number of para-hydroxylation sites is 1. The summed E-state index contributed by atoms with van der Waals surface area (Å²) >= 11 is 6.10. The lowest BCUT2D eigenvalue weighted by Gasteiger charge is -2.33. The van der Waals surface area contributed by atoms with Gasteiger partial charge in [0, 0.05) is 16.1 Å². The Morgan fingerprint density at radius 2 is 1.88 bits per heavy atom. The first kappa shape index (κ1) is 16.1. The molecule has 1 N–H and O–H groups in total. The van der Waals surface area contributed by atoms with E-state index in [1.807, 2.05) is 47.1 Å². The molecular formula is C19H20ClN4O+. The predicted octanol–water partition coefficient (Wildman–Crippen LogP) is 1.41. The van der Waals surface area contributed by atoms with E-state index in [2.05, 4.69) is 16.1 Å². The van der Waals surface area contributed by atoms with Crippen LogP contribution in [0.5, 0.6) is 0 Å². The molecule has 1 fully saturated rings. The van der Waals surface area contributed by atoms with E-state index in [0.29, 0.717) is 0 Å². The zero-order valence-electron chi connectivity index (χ0n) is 13.9. The summed E-state index contributed by atoms with van der Waals surface area (Å²) in [6.45, 7) is 4.77. The van der Waals surface area contributed by atoms with E-state index < -0.39 is 0 Å². The van der Waals surface area contributed by atoms with Crippen LogP contribution in [0.25, 0.3) is 10.9 Å². The maximum atomic E-state index is 12.0. The van der Waals surface area contributed by atoms with Crippen molar-refractivity contribution in [1.29, 1.82) is 0 Å². The lowest BCUT2D eigenvalue weighted by molar-refractivity contribution is -0.923. The summed E-state index contributed by atoms with van der Waals surface area (Å²) in [5.41, 5.74) is 2.06. The van der Waals surface area contributed by atoms with Gasteiger partial charge >= 0.3 is 0 Å². The quantitative estimate of drug-likeness (QED) is 0.772. The van der Waals surface area contributed by atoms with Crippen molar-refractivity contribution in [3.05, 3.63) is 70.0 Å². The van der Waals surface area contributed by atoms with Crippen LogP contribution >= 0.6 is 11.6 Å². The van der Waals surface area contributed by atoms with Crippen LogP contribution in [0.15, 0.2) is 59.5 Å². The van der Waals surface area contributed by atoms with Crippen molar-refractivity contribution in [2.45, 2.75) is 6.67 Å². The highest BCUT2D eigenvalue weighted by atomic mass is 35.5. The van der Waals surface area contributed by atoms with Gasteiger partial charge in [0.25, 0.3) is 0 Å². The Hall–Kier alpha value is -2.37. The van der Waals surface area contributed by atoms with Crippen LogP contribution in [-0.4, -0.2) is 36.0 Å². The predicted molar refractivity (Wildman–Crippen MR) is 100 cm³/mol. The van der Waals surface area contributed by atoms with Crippen LogP contribution in [0.4, 0.5) is 5.69 Å². The van der Waals surface area contributed by atoms with Gasteiger partial charge in [-0.2, -0.15) is 5.10 Å². The van der Waals surface area contributed by atoms with E-state index in [0.717, 1.165) is 48.8 Å². The molecule has 0 bridgehead atoms. The topological polar surface area (TPSA) is 42.6 Å². The van der Waals surface area contributed by atoms with Crippen LogP contribution in [-0.2, 0) is 6.67 Å². The Labute approximate surface area is 151 Å². The van der Waals surface area contributed by atoms with Crippen molar-refractivity contribution in [2.24, 2.45) is 0 Å². The second-order valence-electron chi connectivity index (χ2n) is 6.40. The maximum Gasteiger partial charge on any atom is 0.207 e. The van der Waals surface area contributed by atoms with Gasteiger partial charge in [-0.3, -0.25) is 4.79 Å². The van der Waals surface area contributed by atoms with E-state index >= 15 is 0 Å². The number of fused-ring (bicyclic) bond motifs is 1. The molecule has 0 radical (unpaired) electrons. The first-order valence-corrected chi connectivity index (χ1v) is 8.87. The molecule has 0 atom stereocenters. The normalized spacial score (nSPS) is 15.6. The first-order valence-electron chi connectivity index (χ1n) is 8.50. The monoisotopic (exact) mass is 355 g/mol. The SMILES string of the molecule is O=c1cnn(C[NH+]2CCN(c3cccc(Cl)c3)CC2)c2ccccc12. The average molecular weight is 356 g/mol. The van der Waals surface area contributed by atoms with Crippen molar-refractivity contribution < 1.29 is 4.90 Å². The number of halogens is 1. The number of nitrogens with one attached hydrogen (secondary N) is 1. The minimum absolute atomic E-state index is 0.0207. The fourth-order valence-electron chi connectivity index (χ4n) is 3.41. The largest absolute Gasteiger partial charge is 0.360 e. The molecule has 2 aromatic carbocycles. The summed E-state index contributed by atoms with van der Waals surface area (Å²) in [6, 6.07) is 15.7. The van der Waals surface area contributed by atoms with Gasteiger partial charge in [0.05, 0.1) is 37.9 Å². The number of quaternary nitrogens is 1. The van der Waals surface area contributed by atoms with Gasteiger partial charge in [-0.1, -0.05) is 29.8 Å². The Balaban J connectivity index is 1.47. The van der Waals surface area contributed by atoms with Gasteiger partial charge in [0.2, 0.25) is 5.43 Å². The third kappa shape index (κ3) is 3.38. The molecule has 0 amide bonds. The highest BCUT2D eigenvalue weighted by molar-refractivity contribution is 6.30. The third-order valence-electron chi connectivity index (χ3n) is 4.78. The number of nitrogens with zero attached hydrogens (tertiary/aromatic N) is 3. The highest BCUT2D eigenvalue weighted by Gasteiger charge is 2.21. The van der Waals surface area contributed by atoms with Gasteiger partial charge in [-0.25, -0.2) is 4.68 Å². The highest BCUT2D eigenvalue weighted by Crippen LogP contribution is 2.19. The van der Waals surface area contributed by atoms with Crippen LogP contribution in [0, 0.1) is 0 Å². The summed E-state index contributed by atoms with van der Waals surface area (Å²) in [6.07, 6.45) is 1.42. The van der Waals surface area contributed by atoms with Crippen molar-refractivity contribution in [1.82, 2.24) is 9.78 Å². The van der Waals surface area contributed by atoms with Gasteiger partial charge in [-0.05, 0) is 30.3 Å². The standard InChI is InChI=1S/C19H19ClN4O/c20-15-4-3-5-16(12-15)23-10-8-22(9-11-23)14-24-18-7-2-1-6-17(18)19(25)13-21-24/h1-7,12-13H,8-11,14H2/p+1. The van der Waals surface area contributed by atoms with Crippen molar-refractivity contribution >= 4 is 28.2 Å². The van der Waals surface area contributed by atoms with E-state index in [1.165, 1.54) is 16.8 Å². The zero-order valence-corrected chi connectivity index (χ0v) is 14.6. The number of benzene rings is 2. The van der Waals surface area contributed by atoms with Crippen LogP contribution in [0.2, 0.25) is 5.02 Å². The molecule has 5 nitrogen and oxygen atoms in total. The molecule has 0 spiro atoms. The first-order chi connectivity index (χ1) is 12.2. The number of hydrogen-bond acceptors (Lipinski definition) is 3. The van der Waals surface area contributed by atoms with Gasteiger partial charge < -0.3 is 9.80 Å². The number of aromatic nitrogens is 2. The lowest BCUT2D eigenvalue weighted by atomic mass is 10.2. The smallest absolute Gasteiger partial charge is 0.207 e.